The third-order valence-electron chi connectivity index (χ3n) is 4.68. The van der Waals surface area contributed by atoms with E-state index in [1.54, 1.807) is 4.90 Å². The lowest BCUT2D eigenvalue weighted by Gasteiger charge is -2.36. The maximum Gasteiger partial charge on any atom is 0.320 e. The molecule has 3 unspecified atom stereocenters. The molecule has 1 N–H and O–H groups in total. The first kappa shape index (κ1) is 14.2. The first-order valence-electron chi connectivity index (χ1n) is 7.33. The average molecular weight is 268 g/mol. The second-order valence-corrected chi connectivity index (χ2v) is 5.81. The lowest BCUT2D eigenvalue weighted by Crippen LogP contribution is -2.49. The van der Waals surface area contributed by atoms with Crippen molar-refractivity contribution in [3.05, 3.63) is 0 Å². The zero-order valence-electron chi connectivity index (χ0n) is 11.8. The molecule has 2 amide bonds. The summed E-state index contributed by atoms with van der Waals surface area (Å²) < 4.78 is 0. The predicted octanol–water partition coefficient (Wildman–Crippen LogP) is 2.02. The largest absolute Gasteiger partial charge is 0.481 e. The summed E-state index contributed by atoms with van der Waals surface area (Å²) >= 11 is 0. The minimum atomic E-state index is -0.784. The molecule has 0 bridgehead atoms. The summed E-state index contributed by atoms with van der Waals surface area (Å²) in [4.78, 5) is 27.3. The summed E-state index contributed by atoms with van der Waals surface area (Å²) in [6, 6.07) is -0.151. The lowest BCUT2D eigenvalue weighted by atomic mass is 9.96. The van der Waals surface area contributed by atoms with Gasteiger partial charge in [0.25, 0.3) is 0 Å². The third kappa shape index (κ3) is 2.85. The van der Waals surface area contributed by atoms with Gasteiger partial charge in [-0.25, -0.2) is 4.79 Å². The second kappa shape index (κ2) is 5.80. The maximum atomic E-state index is 12.5. The zero-order valence-corrected chi connectivity index (χ0v) is 11.8. The van der Waals surface area contributed by atoms with Gasteiger partial charge in [0.15, 0.2) is 0 Å². The highest BCUT2D eigenvalue weighted by atomic mass is 16.4. The molecule has 0 radical (unpaired) electrons. The summed E-state index contributed by atoms with van der Waals surface area (Å²) in [7, 11) is 0. The number of carbonyl (C=O) groups is 2. The van der Waals surface area contributed by atoms with E-state index < -0.39 is 11.9 Å². The molecule has 2 aliphatic heterocycles. The molecule has 2 fully saturated rings. The molecule has 3 atom stereocenters. The van der Waals surface area contributed by atoms with Gasteiger partial charge in [-0.15, -0.1) is 0 Å². The van der Waals surface area contributed by atoms with Crippen LogP contribution in [-0.4, -0.2) is 52.6 Å². The van der Waals surface area contributed by atoms with E-state index in [1.807, 2.05) is 11.8 Å². The Kier molecular flexibility index (Phi) is 4.32. The molecule has 2 saturated heterocycles. The minimum Gasteiger partial charge on any atom is -0.481 e. The Balaban J connectivity index is 1.98. The van der Waals surface area contributed by atoms with Crippen LogP contribution >= 0.6 is 0 Å². The van der Waals surface area contributed by atoms with Crippen molar-refractivity contribution in [2.45, 2.75) is 45.6 Å². The topological polar surface area (TPSA) is 60.9 Å². The van der Waals surface area contributed by atoms with E-state index in [0.717, 1.165) is 25.9 Å². The smallest absolute Gasteiger partial charge is 0.320 e. The summed E-state index contributed by atoms with van der Waals surface area (Å²) in [6.45, 7) is 6.24. The van der Waals surface area contributed by atoms with Crippen molar-refractivity contribution in [1.82, 2.24) is 9.80 Å². The quantitative estimate of drug-likeness (QED) is 0.833. The van der Waals surface area contributed by atoms with E-state index in [1.165, 1.54) is 6.42 Å². The van der Waals surface area contributed by atoms with Crippen LogP contribution in [0.15, 0.2) is 0 Å². The van der Waals surface area contributed by atoms with Crippen LogP contribution in [0.4, 0.5) is 4.79 Å². The molecule has 0 spiro atoms. The van der Waals surface area contributed by atoms with Crippen LogP contribution in [0.5, 0.6) is 0 Å². The van der Waals surface area contributed by atoms with E-state index in [0.29, 0.717) is 18.9 Å². The third-order valence-corrected chi connectivity index (χ3v) is 4.68. The number of carboxylic acid groups (broad SMARTS) is 1. The Bertz CT molecular complexity index is 359. The Labute approximate surface area is 114 Å². The van der Waals surface area contributed by atoms with Gasteiger partial charge in [0.2, 0.25) is 0 Å². The van der Waals surface area contributed by atoms with Gasteiger partial charge >= 0.3 is 12.0 Å². The Morgan fingerprint density at radius 3 is 2.58 bits per heavy atom. The van der Waals surface area contributed by atoms with E-state index in [4.69, 9.17) is 5.11 Å². The van der Waals surface area contributed by atoms with Crippen molar-refractivity contribution in [3.63, 3.8) is 0 Å². The van der Waals surface area contributed by atoms with Crippen LogP contribution in [0.1, 0.15) is 39.5 Å². The minimum absolute atomic E-state index is 0.0365. The van der Waals surface area contributed by atoms with Crippen molar-refractivity contribution in [1.29, 1.82) is 0 Å². The number of rotatable bonds is 2. The summed E-state index contributed by atoms with van der Waals surface area (Å²) in [5, 5.41) is 9.12. The number of nitrogens with zero attached hydrogens (tertiary/aromatic N) is 2. The number of likely N-dealkylation sites (tertiary alicyclic amines) is 2. The fourth-order valence-electron chi connectivity index (χ4n) is 3.29. The monoisotopic (exact) mass is 268 g/mol. The molecule has 2 rings (SSSR count). The number of amides is 2. The van der Waals surface area contributed by atoms with E-state index in [9.17, 15) is 9.59 Å². The highest BCUT2D eigenvalue weighted by Gasteiger charge is 2.40. The van der Waals surface area contributed by atoms with Crippen LogP contribution in [0, 0.1) is 11.8 Å². The molecule has 2 aliphatic rings. The van der Waals surface area contributed by atoms with Gasteiger partial charge in [0.1, 0.15) is 0 Å². The molecule has 2 heterocycles. The molecule has 0 aromatic carbocycles. The highest BCUT2D eigenvalue weighted by Crippen LogP contribution is 2.27. The van der Waals surface area contributed by atoms with Crippen molar-refractivity contribution >= 4 is 12.0 Å². The molecular weight excluding hydrogens is 244 g/mol. The number of piperidine rings is 1. The van der Waals surface area contributed by atoms with Crippen molar-refractivity contribution < 1.29 is 14.7 Å². The van der Waals surface area contributed by atoms with Crippen molar-refractivity contribution in [2.24, 2.45) is 11.8 Å². The van der Waals surface area contributed by atoms with Gasteiger partial charge in [-0.2, -0.15) is 0 Å². The maximum absolute atomic E-state index is 12.5. The fraction of sp³-hybridized carbons (Fsp3) is 0.857. The molecular formula is C14H24N2O3. The predicted molar refractivity (Wildman–Crippen MR) is 71.9 cm³/mol. The van der Waals surface area contributed by atoms with Crippen LogP contribution in [0.3, 0.4) is 0 Å². The van der Waals surface area contributed by atoms with E-state index >= 15 is 0 Å². The molecule has 0 aromatic rings. The molecule has 19 heavy (non-hydrogen) atoms. The first-order valence-corrected chi connectivity index (χ1v) is 7.33. The molecule has 0 saturated carbocycles. The summed E-state index contributed by atoms with van der Waals surface area (Å²) in [5.41, 5.74) is 0. The highest BCUT2D eigenvalue weighted by molar-refractivity contribution is 5.78. The summed E-state index contributed by atoms with van der Waals surface area (Å²) in [5.74, 6) is -0.588. The van der Waals surface area contributed by atoms with Gasteiger partial charge in [-0.3, -0.25) is 4.79 Å². The standard InChI is InChI=1S/C14H24N2O3/c1-3-11-5-4-7-15(9-11)14(19)16-8-6-12(10(16)2)13(17)18/h10-12H,3-9H2,1-2H3,(H,17,18). The van der Waals surface area contributed by atoms with Gasteiger partial charge < -0.3 is 14.9 Å². The number of urea groups is 1. The second-order valence-electron chi connectivity index (χ2n) is 5.81. The zero-order chi connectivity index (χ0) is 14.0. The number of aliphatic carboxylic acids is 1. The van der Waals surface area contributed by atoms with Crippen LogP contribution in [0.25, 0.3) is 0 Å². The van der Waals surface area contributed by atoms with E-state index in [-0.39, 0.29) is 12.1 Å². The van der Waals surface area contributed by atoms with Crippen LogP contribution in [0.2, 0.25) is 0 Å². The molecule has 0 aromatic heterocycles. The van der Waals surface area contributed by atoms with Gasteiger partial charge in [0.05, 0.1) is 5.92 Å². The molecule has 0 aliphatic carbocycles. The Morgan fingerprint density at radius 2 is 2.00 bits per heavy atom. The van der Waals surface area contributed by atoms with Gasteiger partial charge in [-0.05, 0) is 32.1 Å². The first-order chi connectivity index (χ1) is 9.04. The van der Waals surface area contributed by atoms with E-state index in [2.05, 4.69) is 6.92 Å². The fourth-order valence-corrected chi connectivity index (χ4v) is 3.29. The number of carbonyl (C=O) groups excluding carboxylic acids is 1. The van der Waals surface area contributed by atoms with Crippen molar-refractivity contribution in [2.75, 3.05) is 19.6 Å². The van der Waals surface area contributed by atoms with Crippen LogP contribution in [-0.2, 0) is 4.79 Å². The Hall–Kier alpha value is -1.26. The molecule has 5 heteroatoms. The summed E-state index contributed by atoms with van der Waals surface area (Å²) in [6.07, 6.45) is 3.95. The van der Waals surface area contributed by atoms with Crippen LogP contribution < -0.4 is 0 Å². The number of hydrogen-bond acceptors (Lipinski definition) is 2. The number of hydrogen-bond donors (Lipinski definition) is 1. The number of carboxylic acids is 1. The lowest BCUT2D eigenvalue weighted by molar-refractivity contribution is -0.142. The molecule has 5 nitrogen and oxygen atoms in total. The average Bonchev–Trinajstić information content (AvgIpc) is 2.80. The normalized spacial score (nSPS) is 31.6. The van der Waals surface area contributed by atoms with Gasteiger partial charge in [-0.1, -0.05) is 13.3 Å². The SMILES string of the molecule is CCC1CCCN(C(=O)N2CCC(C(=O)O)C2C)C1. The van der Waals surface area contributed by atoms with Crippen molar-refractivity contribution in [3.8, 4) is 0 Å². The molecule has 108 valence electrons. The van der Waals surface area contributed by atoms with Gasteiger partial charge in [0, 0.05) is 25.7 Å². The Morgan fingerprint density at radius 1 is 1.26 bits per heavy atom.